The van der Waals surface area contributed by atoms with Crippen molar-refractivity contribution in [3.8, 4) is 0 Å². The second-order valence-electron chi connectivity index (χ2n) is 7.09. The molecule has 0 spiro atoms. The molecule has 2 aromatic carbocycles. The van der Waals surface area contributed by atoms with E-state index in [2.05, 4.69) is 15.9 Å². The van der Waals surface area contributed by atoms with E-state index in [9.17, 15) is 17.6 Å². The first-order valence-corrected chi connectivity index (χ1v) is 11.5. The molecule has 28 heavy (non-hydrogen) atoms. The lowest BCUT2D eigenvalue weighted by molar-refractivity contribution is 0.0988. The summed E-state index contributed by atoms with van der Waals surface area (Å²) in [5.74, 6) is -0.657. The monoisotopic (exact) mass is 466 g/mol. The molecule has 148 valence electrons. The molecule has 5 nitrogen and oxygen atoms in total. The van der Waals surface area contributed by atoms with Gasteiger partial charge in [-0.05, 0) is 77.2 Å². The Balaban J connectivity index is 1.62. The molecule has 0 N–H and O–H groups in total. The summed E-state index contributed by atoms with van der Waals surface area (Å²) in [7, 11) is -3.50. The molecule has 2 heterocycles. The first-order chi connectivity index (χ1) is 13.4. The van der Waals surface area contributed by atoms with Gasteiger partial charge in [0, 0.05) is 29.8 Å². The maximum absolute atomic E-state index is 13.3. The van der Waals surface area contributed by atoms with Crippen molar-refractivity contribution in [2.24, 2.45) is 0 Å². The van der Waals surface area contributed by atoms with Crippen LogP contribution in [-0.2, 0) is 16.4 Å². The number of sulfonamides is 1. The molecule has 0 radical (unpaired) electrons. The summed E-state index contributed by atoms with van der Waals surface area (Å²) in [5.41, 5.74) is 1.92. The average molecular weight is 467 g/mol. The van der Waals surface area contributed by atoms with E-state index in [1.807, 2.05) is 0 Å². The maximum atomic E-state index is 13.3. The van der Waals surface area contributed by atoms with Crippen molar-refractivity contribution in [3.63, 3.8) is 0 Å². The molecule has 0 aromatic heterocycles. The summed E-state index contributed by atoms with van der Waals surface area (Å²) in [6.45, 7) is 1.58. The van der Waals surface area contributed by atoms with E-state index in [1.54, 1.807) is 27.4 Å². The zero-order valence-electron chi connectivity index (χ0n) is 15.2. The number of amides is 1. The van der Waals surface area contributed by atoms with Crippen LogP contribution in [0.2, 0.25) is 0 Å². The van der Waals surface area contributed by atoms with Crippen LogP contribution in [0.3, 0.4) is 0 Å². The molecule has 1 saturated heterocycles. The fourth-order valence-corrected chi connectivity index (χ4v) is 5.90. The predicted molar refractivity (Wildman–Crippen MR) is 109 cm³/mol. The van der Waals surface area contributed by atoms with Gasteiger partial charge < -0.3 is 4.90 Å². The second-order valence-corrected chi connectivity index (χ2v) is 9.88. The summed E-state index contributed by atoms with van der Waals surface area (Å²) in [6, 6.07) is 8.94. The van der Waals surface area contributed by atoms with Gasteiger partial charge in [0.05, 0.1) is 10.5 Å². The highest BCUT2D eigenvalue weighted by Crippen LogP contribution is 2.33. The van der Waals surface area contributed by atoms with Gasteiger partial charge in [0.25, 0.3) is 5.91 Å². The van der Waals surface area contributed by atoms with Gasteiger partial charge in [-0.15, -0.1) is 0 Å². The number of halogens is 2. The largest absolute Gasteiger partial charge is 0.308 e. The van der Waals surface area contributed by atoms with Gasteiger partial charge in [-0.2, -0.15) is 4.31 Å². The Morgan fingerprint density at radius 3 is 2.46 bits per heavy atom. The summed E-state index contributed by atoms with van der Waals surface area (Å²) in [5, 5.41) is 0. The number of anilines is 1. The fraction of sp³-hybridized carbons (Fsp3) is 0.350. The number of fused-ring (bicyclic) bond motifs is 1. The Morgan fingerprint density at radius 2 is 1.75 bits per heavy atom. The van der Waals surface area contributed by atoms with E-state index in [0.717, 1.165) is 24.8 Å². The number of nitrogens with zero attached hydrogens (tertiary/aromatic N) is 2. The summed E-state index contributed by atoms with van der Waals surface area (Å²) in [6.07, 6.45) is 3.42. The molecular formula is C20H20BrFN2O3S. The van der Waals surface area contributed by atoms with Crippen molar-refractivity contribution in [1.82, 2.24) is 4.31 Å². The lowest BCUT2D eigenvalue weighted by Gasteiger charge is -2.26. The third-order valence-corrected chi connectivity index (χ3v) is 7.86. The Kier molecular flexibility index (Phi) is 5.28. The first kappa shape index (κ1) is 19.5. The fourth-order valence-electron chi connectivity index (χ4n) is 3.81. The van der Waals surface area contributed by atoms with E-state index in [4.69, 9.17) is 0 Å². The molecule has 1 fully saturated rings. The molecule has 0 unspecified atom stereocenters. The number of benzene rings is 2. The van der Waals surface area contributed by atoms with Crippen LogP contribution in [0.4, 0.5) is 10.1 Å². The van der Waals surface area contributed by atoms with Crippen LogP contribution in [0.1, 0.15) is 35.2 Å². The molecule has 1 amide bonds. The van der Waals surface area contributed by atoms with Gasteiger partial charge in [0.1, 0.15) is 5.82 Å². The third-order valence-electron chi connectivity index (χ3n) is 5.31. The number of carbonyl (C=O) groups excluding carboxylic acids is 1. The lowest BCUT2D eigenvalue weighted by atomic mass is 10.1. The quantitative estimate of drug-likeness (QED) is 0.687. The van der Waals surface area contributed by atoms with Crippen LogP contribution in [0.5, 0.6) is 0 Å². The minimum absolute atomic E-state index is 0.239. The van der Waals surface area contributed by atoms with Crippen molar-refractivity contribution in [3.05, 3.63) is 57.8 Å². The average Bonchev–Trinajstić information content (AvgIpc) is 3.11. The van der Waals surface area contributed by atoms with E-state index in [1.165, 1.54) is 18.2 Å². The summed E-state index contributed by atoms with van der Waals surface area (Å²) in [4.78, 5) is 14.8. The van der Waals surface area contributed by atoms with Gasteiger partial charge in [-0.25, -0.2) is 12.8 Å². The molecule has 2 aliphatic rings. The van der Waals surface area contributed by atoms with Gasteiger partial charge >= 0.3 is 0 Å². The van der Waals surface area contributed by atoms with Gasteiger partial charge in [-0.1, -0.05) is 6.42 Å². The third kappa shape index (κ3) is 3.49. The molecule has 0 atom stereocenters. The van der Waals surface area contributed by atoms with E-state index < -0.39 is 15.8 Å². The zero-order chi connectivity index (χ0) is 19.9. The van der Waals surface area contributed by atoms with Crippen LogP contribution >= 0.6 is 15.9 Å². The smallest absolute Gasteiger partial charge is 0.259 e. The van der Waals surface area contributed by atoms with Crippen LogP contribution in [0.25, 0.3) is 0 Å². The standard InChI is InChI=1S/C20H20BrFN2O3S/c21-18-13-15(22)4-6-17(18)20(25)24-11-8-14-12-16(5-7-19(14)24)28(26,27)23-9-2-1-3-10-23/h4-7,12-13H,1-3,8-11H2. The lowest BCUT2D eigenvalue weighted by Crippen LogP contribution is -2.35. The van der Waals surface area contributed by atoms with Crippen molar-refractivity contribution in [1.29, 1.82) is 0 Å². The van der Waals surface area contributed by atoms with Crippen LogP contribution < -0.4 is 4.90 Å². The Morgan fingerprint density at radius 1 is 1.00 bits per heavy atom. The highest BCUT2D eigenvalue weighted by molar-refractivity contribution is 9.10. The molecule has 0 aliphatic carbocycles. The Hall–Kier alpha value is -1.77. The van der Waals surface area contributed by atoms with Crippen molar-refractivity contribution in [2.45, 2.75) is 30.6 Å². The van der Waals surface area contributed by atoms with Gasteiger partial charge in [0.15, 0.2) is 0 Å². The molecule has 2 aliphatic heterocycles. The van der Waals surface area contributed by atoms with Crippen molar-refractivity contribution < 1.29 is 17.6 Å². The number of carbonyl (C=O) groups is 1. The zero-order valence-corrected chi connectivity index (χ0v) is 17.6. The molecule has 8 heteroatoms. The molecular weight excluding hydrogens is 447 g/mol. The van der Waals surface area contributed by atoms with Crippen molar-refractivity contribution >= 4 is 37.5 Å². The highest BCUT2D eigenvalue weighted by atomic mass is 79.9. The number of hydrogen-bond acceptors (Lipinski definition) is 3. The SMILES string of the molecule is O=C(c1ccc(F)cc1Br)N1CCc2cc(S(=O)(=O)N3CCCCC3)ccc21. The topological polar surface area (TPSA) is 57.7 Å². The summed E-state index contributed by atoms with van der Waals surface area (Å²) >= 11 is 3.24. The molecule has 2 aromatic rings. The first-order valence-electron chi connectivity index (χ1n) is 9.28. The Bertz CT molecular complexity index is 1040. The minimum atomic E-state index is -3.50. The molecule has 0 saturated carbocycles. The molecule has 0 bridgehead atoms. The molecule has 4 rings (SSSR count). The van der Waals surface area contributed by atoms with Crippen molar-refractivity contribution in [2.75, 3.05) is 24.5 Å². The second kappa shape index (κ2) is 7.57. The maximum Gasteiger partial charge on any atom is 0.259 e. The number of piperidine rings is 1. The summed E-state index contributed by atoms with van der Waals surface area (Å²) < 4.78 is 41.1. The normalized spacial score (nSPS) is 17.6. The van der Waals surface area contributed by atoms with Crippen LogP contribution in [0, 0.1) is 5.82 Å². The van der Waals surface area contributed by atoms with Crippen LogP contribution in [-0.4, -0.2) is 38.3 Å². The highest BCUT2D eigenvalue weighted by Gasteiger charge is 2.30. The number of rotatable bonds is 3. The van der Waals surface area contributed by atoms with E-state index in [-0.39, 0.29) is 10.8 Å². The van der Waals surface area contributed by atoms with Gasteiger partial charge in [-0.3, -0.25) is 4.79 Å². The van der Waals surface area contributed by atoms with E-state index in [0.29, 0.717) is 41.8 Å². The minimum Gasteiger partial charge on any atom is -0.308 e. The predicted octanol–water partition coefficient (Wildman–Crippen LogP) is 3.97. The Labute approximate surface area is 172 Å². The van der Waals surface area contributed by atoms with Gasteiger partial charge in [0.2, 0.25) is 10.0 Å². The number of hydrogen-bond donors (Lipinski definition) is 0. The van der Waals surface area contributed by atoms with Crippen LogP contribution in [0.15, 0.2) is 45.8 Å². The van der Waals surface area contributed by atoms with E-state index >= 15 is 0 Å².